The van der Waals surface area contributed by atoms with E-state index >= 15 is 0 Å². The standard InChI is InChI=1S/C8H7ClN4/c1-13-5-10-4-6(13)8-11-3-2-7(9)12-8/h2-5H,1H3. The Kier molecular flexibility index (Phi) is 1.98. The summed E-state index contributed by atoms with van der Waals surface area (Å²) in [7, 11) is 1.88. The monoisotopic (exact) mass is 194 g/mol. The lowest BCUT2D eigenvalue weighted by atomic mass is 10.4. The van der Waals surface area contributed by atoms with Gasteiger partial charge in [0.05, 0.1) is 12.5 Å². The Hall–Kier alpha value is -1.42. The molecule has 2 heterocycles. The lowest BCUT2D eigenvalue weighted by Crippen LogP contribution is -1.94. The molecule has 66 valence electrons. The van der Waals surface area contributed by atoms with Crippen LogP contribution in [-0.2, 0) is 7.05 Å². The number of nitrogens with zero attached hydrogens (tertiary/aromatic N) is 4. The molecule has 0 aliphatic rings. The number of rotatable bonds is 1. The second-order valence-electron chi connectivity index (χ2n) is 2.59. The number of hydrogen-bond donors (Lipinski definition) is 0. The summed E-state index contributed by atoms with van der Waals surface area (Å²) in [5.74, 6) is 0.590. The Balaban J connectivity index is 2.53. The van der Waals surface area contributed by atoms with Crippen LogP contribution in [0.1, 0.15) is 0 Å². The van der Waals surface area contributed by atoms with Crippen molar-refractivity contribution in [1.82, 2.24) is 19.5 Å². The molecular weight excluding hydrogens is 188 g/mol. The molecule has 0 unspecified atom stereocenters. The molecule has 0 aliphatic heterocycles. The van der Waals surface area contributed by atoms with Gasteiger partial charge in [-0.1, -0.05) is 11.6 Å². The van der Waals surface area contributed by atoms with Crippen LogP contribution in [-0.4, -0.2) is 19.5 Å². The van der Waals surface area contributed by atoms with E-state index in [9.17, 15) is 0 Å². The van der Waals surface area contributed by atoms with E-state index in [4.69, 9.17) is 11.6 Å². The Bertz CT molecular complexity index is 424. The summed E-state index contributed by atoms with van der Waals surface area (Å²) in [6.07, 6.45) is 5.02. The lowest BCUT2D eigenvalue weighted by Gasteiger charge is -1.99. The molecule has 0 fully saturated rings. The van der Waals surface area contributed by atoms with E-state index in [2.05, 4.69) is 15.0 Å². The fourth-order valence-corrected chi connectivity index (χ4v) is 1.17. The highest BCUT2D eigenvalue weighted by molar-refractivity contribution is 6.29. The van der Waals surface area contributed by atoms with Crippen molar-refractivity contribution in [2.24, 2.45) is 7.05 Å². The van der Waals surface area contributed by atoms with Crippen LogP contribution in [0.15, 0.2) is 24.8 Å². The van der Waals surface area contributed by atoms with Crippen molar-refractivity contribution in [3.05, 3.63) is 29.9 Å². The Labute approximate surface area is 80.2 Å². The molecule has 2 aromatic heterocycles. The van der Waals surface area contributed by atoms with Gasteiger partial charge in [-0.2, -0.15) is 0 Å². The van der Waals surface area contributed by atoms with E-state index in [-0.39, 0.29) is 0 Å². The fraction of sp³-hybridized carbons (Fsp3) is 0.125. The van der Waals surface area contributed by atoms with Gasteiger partial charge in [0.2, 0.25) is 0 Å². The van der Waals surface area contributed by atoms with E-state index in [1.807, 2.05) is 11.6 Å². The molecule has 0 spiro atoms. The molecular formula is C8H7ClN4. The predicted octanol–water partition coefficient (Wildman–Crippen LogP) is 1.53. The zero-order valence-corrected chi connectivity index (χ0v) is 7.73. The van der Waals surface area contributed by atoms with Gasteiger partial charge in [0, 0.05) is 13.2 Å². The smallest absolute Gasteiger partial charge is 0.179 e. The minimum Gasteiger partial charge on any atom is -0.331 e. The van der Waals surface area contributed by atoms with Crippen LogP contribution in [0.4, 0.5) is 0 Å². The molecule has 2 aromatic rings. The van der Waals surface area contributed by atoms with Crippen molar-refractivity contribution in [3.8, 4) is 11.5 Å². The zero-order valence-electron chi connectivity index (χ0n) is 6.98. The van der Waals surface area contributed by atoms with Gasteiger partial charge in [0.25, 0.3) is 0 Å². The first-order valence-corrected chi connectivity index (χ1v) is 4.10. The van der Waals surface area contributed by atoms with Crippen LogP contribution < -0.4 is 0 Å². The largest absolute Gasteiger partial charge is 0.331 e. The van der Waals surface area contributed by atoms with Gasteiger partial charge < -0.3 is 4.57 Å². The molecule has 0 saturated heterocycles. The average molecular weight is 195 g/mol. The van der Waals surface area contributed by atoms with Crippen molar-refractivity contribution < 1.29 is 0 Å². The first-order valence-electron chi connectivity index (χ1n) is 3.72. The van der Waals surface area contributed by atoms with Gasteiger partial charge in [-0.3, -0.25) is 0 Å². The highest BCUT2D eigenvalue weighted by Gasteiger charge is 2.04. The quantitative estimate of drug-likeness (QED) is 0.647. The van der Waals surface area contributed by atoms with E-state index < -0.39 is 0 Å². The number of imidazole rings is 1. The third-order valence-electron chi connectivity index (χ3n) is 1.67. The van der Waals surface area contributed by atoms with Crippen LogP contribution in [0, 0.1) is 0 Å². The van der Waals surface area contributed by atoms with Crippen LogP contribution >= 0.6 is 11.6 Å². The molecule has 4 nitrogen and oxygen atoms in total. The van der Waals surface area contributed by atoms with Crippen molar-refractivity contribution in [1.29, 1.82) is 0 Å². The van der Waals surface area contributed by atoms with E-state index in [1.165, 1.54) is 0 Å². The SMILES string of the molecule is Cn1cncc1-c1nccc(Cl)n1. The fourth-order valence-electron chi connectivity index (χ4n) is 1.03. The summed E-state index contributed by atoms with van der Waals surface area (Å²) in [5, 5.41) is 0.436. The summed E-state index contributed by atoms with van der Waals surface area (Å²) in [6, 6.07) is 1.64. The summed E-state index contributed by atoms with van der Waals surface area (Å²) in [6.45, 7) is 0. The molecule has 13 heavy (non-hydrogen) atoms. The van der Waals surface area contributed by atoms with Crippen molar-refractivity contribution >= 4 is 11.6 Å². The molecule has 0 aliphatic carbocycles. The van der Waals surface area contributed by atoms with Crippen LogP contribution in [0.5, 0.6) is 0 Å². The second-order valence-corrected chi connectivity index (χ2v) is 2.98. The van der Waals surface area contributed by atoms with Gasteiger partial charge in [0.1, 0.15) is 10.8 Å². The van der Waals surface area contributed by atoms with Crippen LogP contribution in [0.2, 0.25) is 5.15 Å². The average Bonchev–Trinajstić information content (AvgIpc) is 2.51. The second kappa shape index (κ2) is 3.14. The first-order chi connectivity index (χ1) is 6.27. The molecule has 0 N–H and O–H groups in total. The number of halogens is 1. The van der Waals surface area contributed by atoms with Gasteiger partial charge in [-0.25, -0.2) is 15.0 Å². The third-order valence-corrected chi connectivity index (χ3v) is 1.88. The van der Waals surface area contributed by atoms with Crippen LogP contribution in [0.3, 0.4) is 0 Å². The Morgan fingerprint density at radius 2 is 2.31 bits per heavy atom. The van der Waals surface area contributed by atoms with Crippen LogP contribution in [0.25, 0.3) is 11.5 Å². The maximum Gasteiger partial charge on any atom is 0.179 e. The number of aryl methyl sites for hydroxylation is 1. The van der Waals surface area contributed by atoms with Gasteiger partial charge in [-0.15, -0.1) is 0 Å². The molecule has 5 heteroatoms. The molecule has 0 aromatic carbocycles. The Morgan fingerprint density at radius 1 is 1.46 bits per heavy atom. The molecule has 0 atom stereocenters. The molecule has 0 saturated carbocycles. The van der Waals surface area contributed by atoms with Crippen molar-refractivity contribution in [2.45, 2.75) is 0 Å². The first kappa shape index (κ1) is 8.19. The van der Waals surface area contributed by atoms with E-state index in [1.54, 1.807) is 24.8 Å². The molecule has 0 bridgehead atoms. The van der Waals surface area contributed by atoms with Crippen molar-refractivity contribution in [2.75, 3.05) is 0 Å². The highest BCUT2D eigenvalue weighted by Crippen LogP contribution is 2.14. The lowest BCUT2D eigenvalue weighted by molar-refractivity contribution is 0.908. The van der Waals surface area contributed by atoms with E-state index in [0.717, 1.165) is 5.69 Å². The minimum absolute atomic E-state index is 0.436. The summed E-state index contributed by atoms with van der Waals surface area (Å²) in [4.78, 5) is 12.1. The summed E-state index contributed by atoms with van der Waals surface area (Å²) < 4.78 is 1.84. The molecule has 2 rings (SSSR count). The number of aromatic nitrogens is 4. The maximum absolute atomic E-state index is 5.73. The van der Waals surface area contributed by atoms with Gasteiger partial charge in [0.15, 0.2) is 5.82 Å². The minimum atomic E-state index is 0.436. The topological polar surface area (TPSA) is 43.6 Å². The van der Waals surface area contributed by atoms with E-state index in [0.29, 0.717) is 11.0 Å². The summed E-state index contributed by atoms with van der Waals surface area (Å²) in [5.41, 5.74) is 0.850. The number of hydrogen-bond acceptors (Lipinski definition) is 3. The maximum atomic E-state index is 5.73. The summed E-state index contributed by atoms with van der Waals surface area (Å²) >= 11 is 5.73. The van der Waals surface area contributed by atoms with Crippen molar-refractivity contribution in [3.63, 3.8) is 0 Å². The normalized spacial score (nSPS) is 10.3. The van der Waals surface area contributed by atoms with Gasteiger partial charge in [-0.05, 0) is 6.07 Å². The zero-order chi connectivity index (χ0) is 9.26. The molecule has 0 radical (unpaired) electrons. The predicted molar refractivity (Wildman–Crippen MR) is 49.2 cm³/mol. The third kappa shape index (κ3) is 1.53. The Morgan fingerprint density at radius 3 is 2.92 bits per heavy atom. The molecule has 0 amide bonds. The highest BCUT2D eigenvalue weighted by atomic mass is 35.5. The van der Waals surface area contributed by atoms with Gasteiger partial charge >= 0.3 is 0 Å².